The van der Waals surface area contributed by atoms with E-state index in [1.54, 1.807) is 30.3 Å². The Morgan fingerprint density at radius 2 is 1.74 bits per heavy atom. The number of anilines is 1. The maximum Gasteiger partial charge on any atom is 0.264 e. The first kappa shape index (κ1) is 25.4. The van der Waals surface area contributed by atoms with Gasteiger partial charge >= 0.3 is 0 Å². The summed E-state index contributed by atoms with van der Waals surface area (Å²) >= 11 is 6.16. The van der Waals surface area contributed by atoms with Gasteiger partial charge in [-0.25, -0.2) is 8.42 Å². The van der Waals surface area contributed by atoms with E-state index >= 15 is 0 Å². The number of nitrogens with zero attached hydrogens (tertiary/aromatic N) is 1. The van der Waals surface area contributed by atoms with Crippen LogP contribution in [-0.2, 0) is 14.8 Å². The third kappa shape index (κ3) is 6.01. The Morgan fingerprint density at radius 1 is 1.06 bits per heavy atom. The first-order chi connectivity index (χ1) is 16.3. The largest absolute Gasteiger partial charge is 0.495 e. The van der Waals surface area contributed by atoms with Gasteiger partial charge in [-0.15, -0.1) is 0 Å². The second kappa shape index (κ2) is 11.3. The molecule has 7 nitrogen and oxygen atoms in total. The molecule has 0 aliphatic heterocycles. The standard InChI is InChI=1S/C25H27ClN2O5S/c1-4-33-21-13-10-19(11-14-21)18(2)27-25(29)17-28(23-16-20(26)12-15-24(23)32-3)34(30,31)22-8-6-5-7-9-22/h5-16,18H,4,17H2,1-3H3,(H,27,29)/t18-/m0/s1. The van der Waals surface area contributed by atoms with Crippen molar-refractivity contribution >= 4 is 33.2 Å². The van der Waals surface area contributed by atoms with Crippen molar-refractivity contribution in [3.63, 3.8) is 0 Å². The molecule has 3 rings (SSSR count). The Kier molecular flexibility index (Phi) is 8.41. The van der Waals surface area contributed by atoms with Crippen LogP contribution >= 0.6 is 11.6 Å². The number of hydrogen-bond donors (Lipinski definition) is 1. The molecule has 1 amide bonds. The molecule has 0 bridgehead atoms. The molecule has 0 heterocycles. The Balaban J connectivity index is 1.90. The van der Waals surface area contributed by atoms with Crippen LogP contribution in [0.4, 0.5) is 5.69 Å². The first-order valence-electron chi connectivity index (χ1n) is 10.7. The molecule has 9 heteroatoms. The number of rotatable bonds is 10. The van der Waals surface area contributed by atoms with Crippen molar-refractivity contribution in [2.45, 2.75) is 24.8 Å². The smallest absolute Gasteiger partial charge is 0.264 e. The summed E-state index contributed by atoms with van der Waals surface area (Å²) in [5, 5.41) is 3.18. The van der Waals surface area contributed by atoms with Crippen molar-refractivity contribution in [1.82, 2.24) is 5.32 Å². The summed E-state index contributed by atoms with van der Waals surface area (Å²) in [7, 11) is -2.67. The topological polar surface area (TPSA) is 84.9 Å². The predicted molar refractivity (Wildman–Crippen MR) is 133 cm³/mol. The van der Waals surface area contributed by atoms with Gasteiger partial charge in [-0.3, -0.25) is 9.10 Å². The summed E-state index contributed by atoms with van der Waals surface area (Å²) in [6.07, 6.45) is 0. The normalized spacial score (nSPS) is 12.0. The van der Waals surface area contributed by atoms with Crippen LogP contribution in [0.3, 0.4) is 0 Å². The molecule has 0 spiro atoms. The third-order valence-electron chi connectivity index (χ3n) is 5.10. The van der Waals surface area contributed by atoms with Gasteiger partial charge in [0, 0.05) is 5.02 Å². The van der Waals surface area contributed by atoms with E-state index in [0.717, 1.165) is 15.6 Å². The molecule has 0 unspecified atom stereocenters. The first-order valence-corrected chi connectivity index (χ1v) is 12.5. The third-order valence-corrected chi connectivity index (χ3v) is 7.11. The number of carbonyl (C=O) groups excluding carboxylic acids is 1. The molecule has 0 aromatic heterocycles. The second-order valence-electron chi connectivity index (χ2n) is 7.43. The highest BCUT2D eigenvalue weighted by Crippen LogP contribution is 2.34. The van der Waals surface area contributed by atoms with Crippen LogP contribution in [0.25, 0.3) is 0 Å². The Morgan fingerprint density at radius 3 is 2.35 bits per heavy atom. The average molecular weight is 503 g/mol. The highest BCUT2D eigenvalue weighted by molar-refractivity contribution is 7.92. The number of sulfonamides is 1. The van der Waals surface area contributed by atoms with Crippen molar-refractivity contribution in [1.29, 1.82) is 0 Å². The number of nitrogens with one attached hydrogen (secondary N) is 1. The fourth-order valence-electron chi connectivity index (χ4n) is 3.40. The van der Waals surface area contributed by atoms with Crippen LogP contribution in [0, 0.1) is 0 Å². The van der Waals surface area contributed by atoms with Crippen molar-refractivity contribution in [2.24, 2.45) is 0 Å². The zero-order chi connectivity index (χ0) is 24.7. The van der Waals surface area contributed by atoms with Crippen molar-refractivity contribution in [3.8, 4) is 11.5 Å². The summed E-state index contributed by atoms with van der Waals surface area (Å²) < 4.78 is 38.9. The van der Waals surface area contributed by atoms with E-state index in [9.17, 15) is 13.2 Å². The zero-order valence-corrected chi connectivity index (χ0v) is 20.8. The van der Waals surface area contributed by atoms with Gasteiger partial charge in [-0.1, -0.05) is 41.9 Å². The molecule has 0 saturated carbocycles. The zero-order valence-electron chi connectivity index (χ0n) is 19.2. The average Bonchev–Trinajstić information content (AvgIpc) is 2.83. The van der Waals surface area contributed by atoms with Crippen LogP contribution in [-0.4, -0.2) is 34.6 Å². The maximum absolute atomic E-state index is 13.5. The van der Waals surface area contributed by atoms with Gasteiger partial charge in [0.25, 0.3) is 10.0 Å². The lowest BCUT2D eigenvalue weighted by atomic mass is 10.1. The number of benzene rings is 3. The van der Waals surface area contributed by atoms with Gasteiger partial charge < -0.3 is 14.8 Å². The molecule has 1 atom stereocenters. The Labute approximate surface area is 205 Å². The lowest BCUT2D eigenvalue weighted by molar-refractivity contribution is -0.120. The monoisotopic (exact) mass is 502 g/mol. The summed E-state index contributed by atoms with van der Waals surface area (Å²) in [6, 6.07) is 19.5. The molecule has 0 aliphatic rings. The maximum atomic E-state index is 13.5. The van der Waals surface area contributed by atoms with E-state index in [1.165, 1.54) is 25.3 Å². The van der Waals surface area contributed by atoms with Gasteiger partial charge in [-0.2, -0.15) is 0 Å². The molecular weight excluding hydrogens is 476 g/mol. The van der Waals surface area contributed by atoms with E-state index in [4.69, 9.17) is 21.1 Å². The van der Waals surface area contributed by atoms with E-state index < -0.39 is 22.5 Å². The Hall–Kier alpha value is -3.23. The van der Waals surface area contributed by atoms with E-state index in [1.807, 2.05) is 38.1 Å². The van der Waals surface area contributed by atoms with E-state index in [0.29, 0.717) is 11.6 Å². The molecule has 34 heavy (non-hydrogen) atoms. The number of amides is 1. The fourth-order valence-corrected chi connectivity index (χ4v) is 5.01. The highest BCUT2D eigenvalue weighted by atomic mass is 35.5. The molecule has 0 radical (unpaired) electrons. The van der Waals surface area contributed by atoms with Crippen LogP contribution in [0.5, 0.6) is 11.5 Å². The highest BCUT2D eigenvalue weighted by Gasteiger charge is 2.30. The number of methoxy groups -OCH3 is 1. The molecule has 0 saturated heterocycles. The summed E-state index contributed by atoms with van der Waals surface area (Å²) in [6.45, 7) is 3.82. The molecule has 1 N–H and O–H groups in total. The molecule has 0 aliphatic carbocycles. The number of halogens is 1. The van der Waals surface area contributed by atoms with E-state index in [2.05, 4.69) is 5.32 Å². The van der Waals surface area contributed by atoms with Crippen LogP contribution in [0.15, 0.2) is 77.7 Å². The van der Waals surface area contributed by atoms with Crippen molar-refractivity contribution in [2.75, 3.05) is 24.6 Å². The number of hydrogen-bond acceptors (Lipinski definition) is 5. The molecule has 180 valence electrons. The lowest BCUT2D eigenvalue weighted by Gasteiger charge is -2.26. The van der Waals surface area contributed by atoms with Crippen LogP contribution < -0.4 is 19.1 Å². The fraction of sp³-hybridized carbons (Fsp3) is 0.240. The quantitative estimate of drug-likeness (QED) is 0.429. The van der Waals surface area contributed by atoms with Gasteiger partial charge in [0.1, 0.15) is 18.0 Å². The minimum Gasteiger partial charge on any atom is -0.495 e. The molecule has 3 aromatic carbocycles. The molecule has 3 aromatic rings. The van der Waals surface area contributed by atoms with Gasteiger partial charge in [0.05, 0.1) is 30.3 Å². The Bertz CT molecular complexity index is 1220. The second-order valence-corrected chi connectivity index (χ2v) is 9.73. The minimum absolute atomic E-state index is 0.0457. The van der Waals surface area contributed by atoms with Crippen molar-refractivity contribution < 1.29 is 22.7 Å². The van der Waals surface area contributed by atoms with Crippen LogP contribution in [0.2, 0.25) is 5.02 Å². The molecule has 0 fully saturated rings. The minimum atomic E-state index is -4.09. The summed E-state index contributed by atoms with van der Waals surface area (Å²) in [5.41, 5.74) is 1.03. The SMILES string of the molecule is CCOc1ccc([C@H](C)NC(=O)CN(c2cc(Cl)ccc2OC)S(=O)(=O)c2ccccc2)cc1. The van der Waals surface area contributed by atoms with Crippen LogP contribution in [0.1, 0.15) is 25.5 Å². The van der Waals surface area contributed by atoms with Crippen molar-refractivity contribution in [3.05, 3.63) is 83.4 Å². The van der Waals surface area contributed by atoms with Gasteiger partial charge in [0.2, 0.25) is 5.91 Å². The molecular formula is C25H27ClN2O5S. The van der Waals surface area contributed by atoms with Gasteiger partial charge in [0.15, 0.2) is 0 Å². The summed E-state index contributed by atoms with van der Waals surface area (Å²) in [4.78, 5) is 13.1. The predicted octanol–water partition coefficient (Wildman–Crippen LogP) is 4.82. The lowest BCUT2D eigenvalue weighted by Crippen LogP contribution is -2.41. The number of ether oxygens (including phenoxy) is 2. The van der Waals surface area contributed by atoms with Gasteiger partial charge in [-0.05, 0) is 61.9 Å². The summed E-state index contributed by atoms with van der Waals surface area (Å²) in [5.74, 6) is 0.525. The number of carbonyl (C=O) groups is 1. The van der Waals surface area contributed by atoms with E-state index in [-0.39, 0.29) is 22.4 Å².